The van der Waals surface area contributed by atoms with Crippen LogP contribution in [0.25, 0.3) is 0 Å². The van der Waals surface area contributed by atoms with Crippen LogP contribution in [0.1, 0.15) is 488 Å². The van der Waals surface area contributed by atoms with E-state index >= 15 is 0 Å². The van der Waals surface area contributed by atoms with E-state index < -0.39 is 23.4 Å². The number of carbonyl (C=O) groups is 1. The zero-order valence-electron chi connectivity index (χ0n) is 104. The molecule has 12 nitrogen and oxygen atoms in total. The molecule has 145 heavy (non-hydrogen) atoms. The zero-order valence-corrected chi connectivity index (χ0v) is 104. The second-order valence-corrected chi connectivity index (χ2v) is 64.9. The van der Waals surface area contributed by atoms with E-state index in [1.165, 1.54) is 272 Å². The standard InChI is InChI=1S/C16H29F2N.C16H31N.C15H30N2.C15H29N.C14H26FN.C14H29NO.C13H26FN.C13H23NO.C13H25N/c1-14(2,3)15(4)9-11-19(12-10-15)13-5-7-16(17,18)8-6-13;1-14(2,3)16(5)9-11-17(12-10-16)13-15(4)7-6-8-15;1-14(2,3)15(4)6-8-17(9-7-15)12-13-10-16(5)11-13;1-14(2,3)15(4)8-10-16(11-9-15)12-13-6-5-7-13;1-13(2,3)14(4)5-7-16(8-6-14)12-9-11(15)10-12;1-12(2,3)14(6)7-9-15(10-8-14)11-13(4,5)16;1-12(2,3)11-6-8-15(9-7-11)10-13(4,5)14;1-13(2,3)11-6-8-14(9-7-11)12(15)10-4-5-10;1-13(2,3)11-7-9-14(10-8-11)12-5-4-6-12/h13H,5-12H2,1-4H3;6-13H2,1-5H3;13H,6-12H2,1-5H3;13H,5-12H2,1-4H3;11-12H,5-10H2,1-4H3;16H,7-11H2,1-6H3;11H,6-10H2,1-5H3;10-11H,4-9H2,1-3H3;11-12H,4-10H2,1-3H3. The Kier molecular flexibility index (Phi) is 45.9. The van der Waals surface area contributed by atoms with Crippen molar-refractivity contribution in [2.45, 2.75) is 529 Å². The average molecular weight is 2050 g/mol. The lowest BCUT2D eigenvalue weighted by molar-refractivity contribution is -0.134. The van der Waals surface area contributed by atoms with Crippen molar-refractivity contribution >= 4 is 5.91 Å². The molecule has 6 saturated carbocycles. The van der Waals surface area contributed by atoms with Crippen LogP contribution in [0.4, 0.5) is 17.6 Å². The number of rotatable bonds is 14. The first kappa shape index (κ1) is 129. The highest BCUT2D eigenvalue weighted by atomic mass is 19.3. The predicted octanol–water partition coefficient (Wildman–Crippen LogP) is 31.7. The van der Waals surface area contributed by atoms with Gasteiger partial charge in [0.2, 0.25) is 11.8 Å². The molecular weight excluding hydrogens is 1800 g/mol. The minimum atomic E-state index is -2.40. The Labute approximate surface area is 899 Å². The van der Waals surface area contributed by atoms with Gasteiger partial charge in [-0.1, -0.05) is 255 Å². The van der Waals surface area contributed by atoms with Crippen molar-refractivity contribution in [3.63, 3.8) is 0 Å². The van der Waals surface area contributed by atoms with Crippen LogP contribution in [-0.2, 0) is 4.79 Å². The lowest BCUT2D eigenvalue weighted by atomic mass is 9.62. The van der Waals surface area contributed by atoms with Crippen molar-refractivity contribution in [1.82, 2.24) is 49.0 Å². The normalized spacial score (nSPS) is 27.6. The largest absolute Gasteiger partial charge is 0.389 e. The van der Waals surface area contributed by atoms with Gasteiger partial charge in [0.1, 0.15) is 11.8 Å². The number of hydrogen-bond donors (Lipinski definition) is 1. The first-order chi connectivity index (χ1) is 66.2. The Morgan fingerprint density at radius 1 is 0.310 bits per heavy atom. The number of amides is 1. The summed E-state index contributed by atoms with van der Waals surface area (Å²) >= 11 is 0. The van der Waals surface area contributed by atoms with Crippen molar-refractivity contribution in [2.75, 3.05) is 171 Å². The molecule has 0 aromatic heterocycles. The number of halogens is 4. The monoisotopic (exact) mass is 2050 g/mol. The Morgan fingerprint density at radius 2 is 0.600 bits per heavy atom. The van der Waals surface area contributed by atoms with E-state index in [0.717, 1.165) is 120 Å². The van der Waals surface area contributed by atoms with Gasteiger partial charge in [0, 0.05) is 95.8 Å². The van der Waals surface area contributed by atoms with Crippen LogP contribution < -0.4 is 0 Å². The lowest BCUT2D eigenvalue weighted by Gasteiger charge is -2.51. The van der Waals surface area contributed by atoms with Gasteiger partial charge in [-0.25, -0.2) is 17.6 Å². The highest BCUT2D eigenvalue weighted by molar-refractivity contribution is 5.81. The molecule has 16 rings (SSSR count). The van der Waals surface area contributed by atoms with Gasteiger partial charge in [-0.05, 0) is 448 Å². The molecule has 10 heterocycles. The Hall–Kier alpha value is -1.21. The van der Waals surface area contributed by atoms with Crippen molar-refractivity contribution < 1.29 is 27.5 Å². The third kappa shape index (κ3) is 39.8. The number of β-amino-alcohol motifs (C(OH)–C–C–N with tert-alkyl or cyclic N) is 1. The van der Waals surface area contributed by atoms with Crippen molar-refractivity contribution in [3.8, 4) is 0 Å². The molecule has 0 radical (unpaired) electrons. The van der Waals surface area contributed by atoms with Crippen LogP contribution in [0.15, 0.2) is 0 Å². The zero-order chi connectivity index (χ0) is 109. The summed E-state index contributed by atoms with van der Waals surface area (Å²) in [6.07, 6.45) is 41.5. The van der Waals surface area contributed by atoms with Crippen molar-refractivity contribution in [1.29, 1.82) is 0 Å². The summed E-state index contributed by atoms with van der Waals surface area (Å²) < 4.78 is 52.7. The maximum absolute atomic E-state index is 13.5. The van der Waals surface area contributed by atoms with E-state index in [2.05, 4.69) is 291 Å². The molecular formula is C129H248F4N10O2. The van der Waals surface area contributed by atoms with Gasteiger partial charge in [0.05, 0.1) is 5.60 Å². The fourth-order valence-corrected chi connectivity index (χ4v) is 26.6. The van der Waals surface area contributed by atoms with Gasteiger partial charge in [0.15, 0.2) is 0 Å². The summed E-state index contributed by atoms with van der Waals surface area (Å²) in [4.78, 5) is 36.9. The Bertz CT molecular complexity index is 3650. The van der Waals surface area contributed by atoms with Crippen molar-refractivity contribution in [2.24, 2.45) is 122 Å². The first-order valence-electron chi connectivity index (χ1n) is 61.4. The predicted molar refractivity (Wildman–Crippen MR) is 618 cm³/mol. The van der Waals surface area contributed by atoms with E-state index in [-0.39, 0.29) is 12.8 Å². The second kappa shape index (κ2) is 51.6. The molecule has 6 aliphatic carbocycles. The first-order valence-corrected chi connectivity index (χ1v) is 61.4. The van der Waals surface area contributed by atoms with E-state index in [0.29, 0.717) is 130 Å². The lowest BCUT2D eigenvalue weighted by Crippen LogP contribution is -2.52. The maximum Gasteiger partial charge on any atom is 0.248 e. The topological polar surface area (TPSA) is 69.7 Å². The SMILES string of the molecule is CC(C)(C)C1(C)CCN(C2CC(F)C2)CC1.CC(C)(C)C1(C)CCN(C2CCC(F)(F)CC2)CC1.CC(C)(C)C1(C)CCN(CC2CCC2)CC1.CC(C)(C)C1CCN(C(=O)C2CC2)CC1.CC(C)(C)C1CCN(C2CCC2)CC1.CC(C)(F)CN1CCC(C(C)(C)C)CC1.CC(C)(O)CN1CCC(C)(C(C)(C)C)CC1.CC1(CN2CCC(C)(C(C)(C)C)CC2)CCC1.CN1CC(CN2CCC(C)(C(C)(C)C)CC2)C1. The molecule has 854 valence electrons. The molecule has 0 unspecified atom stereocenters. The molecule has 0 bridgehead atoms. The van der Waals surface area contributed by atoms with Crippen LogP contribution in [0, 0.1) is 122 Å². The van der Waals surface area contributed by atoms with E-state index in [1.54, 1.807) is 13.8 Å². The van der Waals surface area contributed by atoms with Gasteiger partial charge in [-0.3, -0.25) is 4.79 Å². The fraction of sp³-hybridized carbons (Fsp3) is 0.992. The molecule has 0 aromatic rings. The highest BCUT2D eigenvalue weighted by Gasteiger charge is 2.51. The molecule has 0 spiro atoms. The average Bonchev–Trinajstić information content (AvgIpc) is 1.54. The minimum Gasteiger partial charge on any atom is -0.389 e. The van der Waals surface area contributed by atoms with Crippen molar-refractivity contribution in [3.05, 3.63) is 0 Å². The maximum atomic E-state index is 13.5. The number of nitrogens with zero attached hydrogens (tertiary/aromatic N) is 10. The molecule has 16 fully saturated rings. The number of alkyl halides is 4. The summed E-state index contributed by atoms with van der Waals surface area (Å²) in [6.45, 7) is 118. The van der Waals surface area contributed by atoms with Crippen LogP contribution in [-0.4, -0.2) is 272 Å². The number of hydrogen-bond acceptors (Lipinski definition) is 11. The third-order valence-corrected chi connectivity index (χ3v) is 44.2. The summed E-state index contributed by atoms with van der Waals surface area (Å²) in [5, 5.41) is 9.82. The van der Waals surface area contributed by atoms with Gasteiger partial charge in [-0.2, -0.15) is 0 Å². The summed E-state index contributed by atoms with van der Waals surface area (Å²) in [5.41, 5.74) is 5.84. The van der Waals surface area contributed by atoms with Crippen LogP contribution in [0.3, 0.4) is 0 Å². The Morgan fingerprint density at radius 3 is 0.876 bits per heavy atom. The molecule has 0 aromatic carbocycles. The number of carbonyl (C=O) groups excluding carboxylic acids is 1. The Balaban J connectivity index is 0.000000199. The molecule has 1 amide bonds. The van der Waals surface area contributed by atoms with E-state index in [1.807, 2.05) is 13.8 Å². The third-order valence-electron chi connectivity index (χ3n) is 44.2. The minimum absolute atomic E-state index is 0.0880. The molecule has 0 atom stereocenters. The van der Waals surface area contributed by atoms with Gasteiger partial charge < -0.3 is 54.1 Å². The van der Waals surface area contributed by atoms with Crippen LogP contribution in [0.5, 0.6) is 0 Å². The second-order valence-electron chi connectivity index (χ2n) is 64.9. The number of aliphatic hydroxyl groups is 1. The van der Waals surface area contributed by atoms with Crippen LogP contribution >= 0.6 is 0 Å². The quantitative estimate of drug-likeness (QED) is 0.169. The van der Waals surface area contributed by atoms with Gasteiger partial charge >= 0.3 is 0 Å². The van der Waals surface area contributed by atoms with E-state index in [4.69, 9.17) is 0 Å². The van der Waals surface area contributed by atoms with Gasteiger partial charge in [0.25, 0.3) is 0 Å². The highest BCUT2D eigenvalue weighted by Crippen LogP contribution is 2.55. The molecule has 10 saturated heterocycles. The number of piperidine rings is 9. The van der Waals surface area contributed by atoms with Crippen LogP contribution in [0.2, 0.25) is 0 Å². The molecule has 1 N–H and O–H groups in total. The van der Waals surface area contributed by atoms with Gasteiger partial charge in [-0.15, -0.1) is 0 Å². The summed E-state index contributed by atoms with van der Waals surface area (Å²) in [7, 11) is 2.23. The molecule has 16 heteroatoms. The smallest absolute Gasteiger partial charge is 0.248 e. The molecule has 16 aliphatic rings. The summed E-state index contributed by atoms with van der Waals surface area (Å²) in [6, 6.07) is 1.93. The summed E-state index contributed by atoms with van der Waals surface area (Å²) in [5.74, 6) is 2.97. The van der Waals surface area contributed by atoms with E-state index in [9.17, 15) is 27.5 Å². The molecule has 10 aliphatic heterocycles. The fourth-order valence-electron chi connectivity index (χ4n) is 26.6. The number of likely N-dealkylation sites (tertiary alicyclic amines) is 10.